The number of piperidine rings is 1. The highest BCUT2D eigenvalue weighted by Gasteiger charge is 2.21. The average molecular weight is 369 g/mol. The molecule has 0 spiro atoms. The van der Waals surface area contributed by atoms with Crippen LogP contribution in [0.1, 0.15) is 12.8 Å². The number of rotatable bonds is 5. The lowest BCUT2D eigenvalue weighted by atomic mass is 10.0. The summed E-state index contributed by atoms with van der Waals surface area (Å²) in [4.78, 5) is 13.5. The van der Waals surface area contributed by atoms with Crippen LogP contribution in [0.4, 0.5) is 17.3 Å². The van der Waals surface area contributed by atoms with Gasteiger partial charge in [0.05, 0.1) is 20.3 Å². The Bertz CT molecular complexity index is 751. The first-order valence-electron chi connectivity index (χ1n) is 9.62. The number of morpholine rings is 1. The molecular weight excluding hydrogens is 342 g/mol. The van der Waals surface area contributed by atoms with Crippen molar-refractivity contribution < 1.29 is 9.47 Å². The van der Waals surface area contributed by atoms with Crippen LogP contribution in [0, 0.1) is 0 Å². The van der Waals surface area contributed by atoms with Crippen molar-refractivity contribution in [2.75, 3.05) is 61.6 Å². The van der Waals surface area contributed by atoms with E-state index in [1.165, 1.54) is 5.69 Å². The molecule has 4 rings (SSSR count). The van der Waals surface area contributed by atoms with Crippen molar-refractivity contribution in [2.24, 2.45) is 0 Å². The van der Waals surface area contributed by atoms with Gasteiger partial charge >= 0.3 is 0 Å². The van der Waals surface area contributed by atoms with Crippen molar-refractivity contribution in [2.45, 2.75) is 18.9 Å². The lowest BCUT2D eigenvalue weighted by Crippen LogP contribution is -2.42. The summed E-state index contributed by atoms with van der Waals surface area (Å²) in [5.41, 5.74) is 1.21. The van der Waals surface area contributed by atoms with Gasteiger partial charge in [-0.25, -0.2) is 9.97 Å². The quantitative estimate of drug-likeness (QED) is 0.868. The monoisotopic (exact) mass is 369 g/mol. The summed E-state index contributed by atoms with van der Waals surface area (Å²) in [6.07, 6.45) is 3.93. The number of hydrogen-bond donors (Lipinski definition) is 1. The van der Waals surface area contributed by atoms with Crippen molar-refractivity contribution in [3.63, 3.8) is 0 Å². The van der Waals surface area contributed by atoms with E-state index in [1.807, 2.05) is 12.1 Å². The second-order valence-corrected chi connectivity index (χ2v) is 6.99. The summed E-state index contributed by atoms with van der Waals surface area (Å²) in [7, 11) is 1.71. The van der Waals surface area contributed by atoms with Gasteiger partial charge in [0.2, 0.25) is 0 Å². The molecule has 7 nitrogen and oxygen atoms in total. The Labute approximate surface area is 160 Å². The summed E-state index contributed by atoms with van der Waals surface area (Å²) in [5, 5.41) is 3.61. The van der Waals surface area contributed by atoms with Crippen LogP contribution in [0.2, 0.25) is 0 Å². The third-order valence-corrected chi connectivity index (χ3v) is 5.18. The summed E-state index contributed by atoms with van der Waals surface area (Å²) in [6.45, 7) is 5.28. The maximum Gasteiger partial charge on any atom is 0.134 e. The highest BCUT2D eigenvalue weighted by molar-refractivity contribution is 5.53. The van der Waals surface area contributed by atoms with Crippen molar-refractivity contribution in [3.8, 4) is 5.75 Å². The van der Waals surface area contributed by atoms with Crippen molar-refractivity contribution in [1.29, 1.82) is 0 Å². The maximum absolute atomic E-state index is 5.43. The Kier molecular flexibility index (Phi) is 5.58. The van der Waals surface area contributed by atoms with Gasteiger partial charge in [-0.2, -0.15) is 0 Å². The number of benzene rings is 1. The van der Waals surface area contributed by atoms with E-state index in [0.717, 1.165) is 69.6 Å². The molecule has 2 aliphatic rings. The first kappa shape index (κ1) is 17.9. The van der Waals surface area contributed by atoms with Crippen LogP contribution in [0.3, 0.4) is 0 Å². The molecule has 2 aromatic rings. The molecule has 1 N–H and O–H groups in total. The molecule has 144 valence electrons. The fourth-order valence-electron chi connectivity index (χ4n) is 3.74. The van der Waals surface area contributed by atoms with Gasteiger partial charge in [-0.15, -0.1) is 0 Å². The van der Waals surface area contributed by atoms with Crippen LogP contribution < -0.4 is 19.9 Å². The number of methoxy groups -OCH3 is 1. The molecule has 7 heteroatoms. The zero-order chi connectivity index (χ0) is 18.5. The van der Waals surface area contributed by atoms with Crippen LogP contribution in [-0.2, 0) is 4.74 Å². The number of hydrogen-bond acceptors (Lipinski definition) is 7. The first-order chi connectivity index (χ1) is 13.3. The summed E-state index contributed by atoms with van der Waals surface area (Å²) < 4.78 is 10.8. The standard InChI is InChI=1S/C20H27N5O2/c1-26-18-6-2-5-17(12-18)25-7-3-4-16(14-25)23-19-13-20(22-15-21-19)24-8-10-27-11-9-24/h2,5-6,12-13,15-16H,3-4,7-11,14H2,1H3,(H,21,22,23). The summed E-state index contributed by atoms with van der Waals surface area (Å²) in [6, 6.07) is 10.7. The molecule has 0 saturated carbocycles. The summed E-state index contributed by atoms with van der Waals surface area (Å²) >= 11 is 0. The number of nitrogens with one attached hydrogen (secondary N) is 1. The first-order valence-corrected chi connectivity index (χ1v) is 9.62. The Hall–Kier alpha value is -2.54. The normalized spacial score (nSPS) is 20.4. The molecular formula is C20H27N5O2. The van der Waals surface area contributed by atoms with Crippen LogP contribution in [-0.4, -0.2) is 62.5 Å². The Morgan fingerprint density at radius 3 is 2.85 bits per heavy atom. The van der Waals surface area contributed by atoms with E-state index in [2.05, 4.69) is 43.3 Å². The molecule has 0 radical (unpaired) electrons. The van der Waals surface area contributed by atoms with Crippen molar-refractivity contribution in [3.05, 3.63) is 36.7 Å². The minimum absolute atomic E-state index is 0.359. The zero-order valence-corrected chi connectivity index (χ0v) is 15.8. The molecule has 1 aromatic heterocycles. The van der Waals surface area contributed by atoms with E-state index in [4.69, 9.17) is 9.47 Å². The van der Waals surface area contributed by atoms with Crippen molar-refractivity contribution in [1.82, 2.24) is 9.97 Å². The van der Waals surface area contributed by atoms with E-state index in [0.29, 0.717) is 6.04 Å². The number of aromatic nitrogens is 2. The van der Waals surface area contributed by atoms with Gasteiger partial charge in [0.1, 0.15) is 23.7 Å². The van der Waals surface area contributed by atoms with E-state index in [1.54, 1.807) is 13.4 Å². The minimum Gasteiger partial charge on any atom is -0.497 e. The molecule has 3 heterocycles. The molecule has 1 aromatic carbocycles. The molecule has 0 amide bonds. The van der Waals surface area contributed by atoms with Crippen LogP contribution in [0.5, 0.6) is 5.75 Å². The largest absolute Gasteiger partial charge is 0.497 e. The van der Waals surface area contributed by atoms with E-state index >= 15 is 0 Å². The maximum atomic E-state index is 5.43. The highest BCUT2D eigenvalue weighted by atomic mass is 16.5. The van der Waals surface area contributed by atoms with Gasteiger partial charge < -0.3 is 24.6 Å². The molecule has 0 aliphatic carbocycles. The smallest absolute Gasteiger partial charge is 0.134 e. The van der Waals surface area contributed by atoms with E-state index in [9.17, 15) is 0 Å². The summed E-state index contributed by atoms with van der Waals surface area (Å²) in [5.74, 6) is 2.76. The predicted molar refractivity (Wildman–Crippen MR) is 107 cm³/mol. The lowest BCUT2D eigenvalue weighted by Gasteiger charge is -2.35. The van der Waals surface area contributed by atoms with Crippen LogP contribution in [0.15, 0.2) is 36.7 Å². The SMILES string of the molecule is COc1cccc(N2CCCC(Nc3cc(N4CCOCC4)ncn3)C2)c1. The zero-order valence-electron chi connectivity index (χ0n) is 15.8. The third-order valence-electron chi connectivity index (χ3n) is 5.18. The molecule has 2 aliphatic heterocycles. The second-order valence-electron chi connectivity index (χ2n) is 6.99. The van der Waals surface area contributed by atoms with Gasteiger partial charge in [-0.05, 0) is 25.0 Å². The second kappa shape index (κ2) is 8.43. The molecule has 0 bridgehead atoms. The molecule has 27 heavy (non-hydrogen) atoms. The predicted octanol–water partition coefficient (Wildman–Crippen LogP) is 2.40. The molecule has 1 atom stereocenters. The van der Waals surface area contributed by atoms with Gasteiger partial charge in [0.25, 0.3) is 0 Å². The Morgan fingerprint density at radius 2 is 2.00 bits per heavy atom. The number of ether oxygens (including phenoxy) is 2. The van der Waals surface area contributed by atoms with Gasteiger partial charge in [-0.1, -0.05) is 6.07 Å². The highest BCUT2D eigenvalue weighted by Crippen LogP contribution is 2.25. The van der Waals surface area contributed by atoms with E-state index in [-0.39, 0.29) is 0 Å². The third kappa shape index (κ3) is 4.42. The molecule has 1 unspecified atom stereocenters. The van der Waals surface area contributed by atoms with Crippen LogP contribution in [0.25, 0.3) is 0 Å². The topological polar surface area (TPSA) is 62.8 Å². The van der Waals surface area contributed by atoms with Gasteiger partial charge in [0, 0.05) is 50.0 Å². The lowest BCUT2D eigenvalue weighted by molar-refractivity contribution is 0.122. The number of anilines is 3. The average Bonchev–Trinajstić information content (AvgIpc) is 2.75. The number of nitrogens with zero attached hydrogens (tertiary/aromatic N) is 4. The molecule has 2 fully saturated rings. The van der Waals surface area contributed by atoms with Crippen LogP contribution >= 0.6 is 0 Å². The fourth-order valence-corrected chi connectivity index (χ4v) is 3.74. The Morgan fingerprint density at radius 1 is 1.11 bits per heavy atom. The molecule has 2 saturated heterocycles. The van der Waals surface area contributed by atoms with E-state index < -0.39 is 0 Å². The van der Waals surface area contributed by atoms with Gasteiger partial charge in [-0.3, -0.25) is 0 Å². The van der Waals surface area contributed by atoms with Crippen molar-refractivity contribution >= 4 is 17.3 Å². The fraction of sp³-hybridized carbons (Fsp3) is 0.500. The Balaban J connectivity index is 1.41. The minimum atomic E-state index is 0.359. The van der Waals surface area contributed by atoms with Gasteiger partial charge in [0.15, 0.2) is 0 Å².